The highest BCUT2D eigenvalue weighted by Crippen LogP contribution is 2.50. The lowest BCUT2D eigenvalue weighted by atomic mass is 9.71. The molecule has 5 aliphatic rings. The number of ether oxygens (including phenoxy) is 2. The first-order chi connectivity index (χ1) is 27.0. The fourth-order valence-electron chi connectivity index (χ4n) is 9.81. The summed E-state index contributed by atoms with van der Waals surface area (Å²) in [6.45, 7) is 6.14. The number of fused-ring (bicyclic) bond motifs is 5. The first kappa shape index (κ1) is 37.5. The summed E-state index contributed by atoms with van der Waals surface area (Å²) in [4.78, 5) is 71.5. The average Bonchev–Trinajstić information content (AvgIpc) is 4.06. The van der Waals surface area contributed by atoms with Gasteiger partial charge in [0.05, 0.1) is 50.1 Å². The number of aromatic amines is 2. The summed E-state index contributed by atoms with van der Waals surface area (Å²) in [5.41, 5.74) is 6.69. The summed E-state index contributed by atoms with van der Waals surface area (Å²) in [5, 5.41) is 5.35. The molecule has 3 fully saturated rings. The summed E-state index contributed by atoms with van der Waals surface area (Å²) < 4.78 is 9.51. The van der Waals surface area contributed by atoms with Crippen LogP contribution in [0.2, 0.25) is 0 Å². The molecule has 4 N–H and O–H groups in total. The number of benzene rings is 1. The number of imidazole rings is 2. The number of nitrogens with zero attached hydrogens (tertiary/aromatic N) is 4. The van der Waals surface area contributed by atoms with E-state index >= 15 is 0 Å². The molecule has 14 heteroatoms. The van der Waals surface area contributed by atoms with Crippen molar-refractivity contribution in [2.75, 3.05) is 20.8 Å². The number of aryl methyl sites for hydroxylation is 1. The molecule has 2 saturated heterocycles. The molecule has 2 aliphatic heterocycles. The van der Waals surface area contributed by atoms with E-state index in [-0.39, 0.29) is 41.8 Å². The van der Waals surface area contributed by atoms with E-state index in [9.17, 15) is 19.2 Å². The monoisotopic (exact) mass is 764 g/mol. The molecule has 3 aliphatic carbocycles. The Morgan fingerprint density at radius 1 is 0.893 bits per heavy atom. The number of likely N-dealkylation sites (tertiary alicyclic amines) is 2. The molecule has 8 rings (SSSR count). The molecular formula is C42H52N8O6. The number of hydrogen-bond donors (Lipinski definition) is 4. The summed E-state index contributed by atoms with van der Waals surface area (Å²) in [6.07, 6.45) is 16.0. The fraction of sp³-hybridized carbons (Fsp3) is 0.524. The van der Waals surface area contributed by atoms with Crippen LogP contribution in [0, 0.1) is 17.8 Å². The Morgan fingerprint density at radius 2 is 1.64 bits per heavy atom. The van der Waals surface area contributed by atoms with E-state index in [4.69, 9.17) is 19.4 Å². The minimum atomic E-state index is -0.691. The lowest BCUT2D eigenvalue weighted by molar-refractivity contribution is -0.138. The molecule has 3 aromatic rings. The van der Waals surface area contributed by atoms with Crippen molar-refractivity contribution in [2.24, 2.45) is 17.8 Å². The molecule has 14 nitrogen and oxygen atoms in total. The molecule has 8 unspecified atom stereocenters. The van der Waals surface area contributed by atoms with Crippen molar-refractivity contribution in [1.82, 2.24) is 40.4 Å². The molecule has 8 atom stereocenters. The maximum Gasteiger partial charge on any atom is 0.407 e. The smallest absolute Gasteiger partial charge is 0.407 e. The number of allylic oxidation sites excluding steroid dienone is 4. The molecule has 0 radical (unpaired) electrons. The third-order valence-corrected chi connectivity index (χ3v) is 12.7. The maximum absolute atomic E-state index is 13.6. The van der Waals surface area contributed by atoms with Gasteiger partial charge in [0.2, 0.25) is 11.8 Å². The van der Waals surface area contributed by atoms with E-state index in [1.165, 1.54) is 25.3 Å². The minimum absolute atomic E-state index is 0.0971. The predicted octanol–water partition coefficient (Wildman–Crippen LogP) is 5.94. The largest absolute Gasteiger partial charge is 0.453 e. The van der Waals surface area contributed by atoms with Crippen LogP contribution in [0.3, 0.4) is 0 Å². The van der Waals surface area contributed by atoms with Gasteiger partial charge in [-0.05, 0) is 98.0 Å². The van der Waals surface area contributed by atoms with E-state index in [1.807, 2.05) is 36.0 Å². The van der Waals surface area contributed by atoms with Crippen molar-refractivity contribution in [3.05, 3.63) is 77.3 Å². The highest BCUT2D eigenvalue weighted by Gasteiger charge is 2.51. The van der Waals surface area contributed by atoms with Crippen LogP contribution in [0.1, 0.15) is 106 Å². The maximum atomic E-state index is 13.6. The quantitative estimate of drug-likeness (QED) is 0.207. The zero-order valence-electron chi connectivity index (χ0n) is 32.7. The van der Waals surface area contributed by atoms with Crippen LogP contribution in [0.4, 0.5) is 9.59 Å². The Bertz CT molecular complexity index is 2070. The topological polar surface area (TPSA) is 175 Å². The number of nitrogens with one attached hydrogen (secondary N) is 4. The highest BCUT2D eigenvalue weighted by atomic mass is 16.5. The Balaban J connectivity index is 0.949. The van der Waals surface area contributed by atoms with Gasteiger partial charge in [0, 0.05) is 18.5 Å². The van der Waals surface area contributed by atoms with E-state index in [2.05, 4.69) is 57.0 Å². The molecule has 296 valence electrons. The number of amides is 4. The number of aromatic nitrogens is 4. The minimum Gasteiger partial charge on any atom is -0.453 e. The molecular weight excluding hydrogens is 713 g/mol. The van der Waals surface area contributed by atoms with Gasteiger partial charge in [-0.25, -0.2) is 19.6 Å². The summed E-state index contributed by atoms with van der Waals surface area (Å²) >= 11 is 0. The average molecular weight is 765 g/mol. The van der Waals surface area contributed by atoms with Crippen LogP contribution < -0.4 is 10.6 Å². The number of hydrogen-bond acceptors (Lipinski definition) is 8. The molecule has 4 heterocycles. The zero-order valence-corrected chi connectivity index (χ0v) is 32.7. The fourth-order valence-corrected chi connectivity index (χ4v) is 9.81. The SMILES string of the molecule is COC(=O)NC(C)C(=O)N1C2CCC(C2)C1c1ncc(C2=CC3CCc4cc(-c5cnc(C6CCCN6C(=O)C(NC(=O)OC)C(C)C)[nH]5)ccc4C3C=C2)[nH]1. The van der Waals surface area contributed by atoms with Crippen molar-refractivity contribution in [2.45, 2.75) is 102 Å². The number of carbonyl (C=O) groups is 4. The normalized spacial score (nSPS) is 26.0. The number of H-pyrrole nitrogens is 2. The summed E-state index contributed by atoms with van der Waals surface area (Å²) in [7, 11) is 2.59. The lowest BCUT2D eigenvalue weighted by Crippen LogP contribution is -2.51. The number of carbonyl (C=O) groups excluding carboxylic acids is 4. The highest BCUT2D eigenvalue weighted by molar-refractivity contribution is 5.87. The Labute approximate surface area is 326 Å². The van der Waals surface area contributed by atoms with E-state index < -0.39 is 24.3 Å². The molecule has 56 heavy (non-hydrogen) atoms. The van der Waals surface area contributed by atoms with Gasteiger partial charge < -0.3 is 39.9 Å². The summed E-state index contributed by atoms with van der Waals surface area (Å²) in [6, 6.07) is 5.11. The second kappa shape index (κ2) is 15.3. The van der Waals surface area contributed by atoms with Gasteiger partial charge >= 0.3 is 12.2 Å². The Kier molecular flexibility index (Phi) is 10.2. The summed E-state index contributed by atoms with van der Waals surface area (Å²) in [5.74, 6) is 2.17. The second-order valence-electron chi connectivity index (χ2n) is 16.3. The predicted molar refractivity (Wildman–Crippen MR) is 208 cm³/mol. The number of rotatable bonds is 9. The molecule has 4 amide bonds. The van der Waals surface area contributed by atoms with Crippen LogP contribution in [-0.4, -0.2) is 92.6 Å². The number of piperidine rings is 1. The van der Waals surface area contributed by atoms with Crippen LogP contribution in [-0.2, 0) is 25.5 Å². The van der Waals surface area contributed by atoms with Crippen molar-refractivity contribution in [3.8, 4) is 11.3 Å². The lowest BCUT2D eigenvalue weighted by Gasteiger charge is -2.36. The van der Waals surface area contributed by atoms with E-state index in [0.717, 1.165) is 79.1 Å². The van der Waals surface area contributed by atoms with Gasteiger partial charge in [0.1, 0.15) is 23.7 Å². The standard InChI is InChI=1S/C42H52N8O6/c1-22(2)35(48-42(54)56-5)40(52)49-16-6-7-34(49)37-43-20-32(46-37)26-11-14-30-24(17-26)8-9-25-18-27(12-15-31(25)30)33-21-44-38(47-33)36-28-10-13-29(19-28)50(36)39(51)23(3)45-41(53)55-4/h11-12,14-15,17-18,20-23,25,28-29,31,34-36H,6-10,13,16,19H2,1-5H3,(H,43,46)(H,44,47)(H,45,53)(H,48,54). The molecule has 1 aromatic carbocycles. The van der Waals surface area contributed by atoms with Gasteiger partial charge in [-0.15, -0.1) is 0 Å². The zero-order chi connectivity index (χ0) is 39.2. The third-order valence-electron chi connectivity index (χ3n) is 12.7. The van der Waals surface area contributed by atoms with Gasteiger partial charge in [-0.3, -0.25) is 9.59 Å². The first-order valence-electron chi connectivity index (χ1n) is 20.0. The van der Waals surface area contributed by atoms with Crippen molar-refractivity contribution in [1.29, 1.82) is 0 Å². The first-order valence-corrected chi connectivity index (χ1v) is 20.0. The Hall–Kier alpha value is -5.40. The van der Waals surface area contributed by atoms with Crippen LogP contribution in [0.5, 0.6) is 0 Å². The van der Waals surface area contributed by atoms with Gasteiger partial charge in [-0.1, -0.05) is 44.2 Å². The van der Waals surface area contributed by atoms with E-state index in [0.29, 0.717) is 18.4 Å². The van der Waals surface area contributed by atoms with Crippen LogP contribution in [0.15, 0.2) is 48.8 Å². The van der Waals surface area contributed by atoms with Crippen molar-refractivity contribution < 1.29 is 28.7 Å². The van der Waals surface area contributed by atoms with Crippen LogP contribution in [0.25, 0.3) is 16.8 Å². The molecule has 2 aromatic heterocycles. The number of methoxy groups -OCH3 is 2. The van der Waals surface area contributed by atoms with E-state index in [1.54, 1.807) is 6.92 Å². The number of alkyl carbamates (subject to hydrolysis) is 2. The second-order valence-corrected chi connectivity index (χ2v) is 16.3. The Morgan fingerprint density at radius 3 is 2.43 bits per heavy atom. The molecule has 1 saturated carbocycles. The van der Waals surface area contributed by atoms with Gasteiger partial charge in [-0.2, -0.15) is 0 Å². The van der Waals surface area contributed by atoms with Crippen LogP contribution >= 0.6 is 0 Å². The van der Waals surface area contributed by atoms with Crippen molar-refractivity contribution >= 4 is 29.6 Å². The van der Waals surface area contributed by atoms with Crippen molar-refractivity contribution in [3.63, 3.8) is 0 Å². The molecule has 0 spiro atoms. The third kappa shape index (κ3) is 6.87. The molecule has 2 bridgehead atoms. The van der Waals surface area contributed by atoms with Gasteiger partial charge in [0.15, 0.2) is 0 Å². The van der Waals surface area contributed by atoms with Gasteiger partial charge in [0.25, 0.3) is 0 Å².